The Morgan fingerprint density at radius 1 is 1.27 bits per heavy atom. The van der Waals surface area contributed by atoms with Crippen molar-refractivity contribution in [1.29, 1.82) is 0 Å². The lowest BCUT2D eigenvalue weighted by Crippen LogP contribution is -2.67. The van der Waals surface area contributed by atoms with Crippen molar-refractivity contribution < 1.29 is 19.1 Å². The average Bonchev–Trinajstić information content (AvgIpc) is 3.28. The van der Waals surface area contributed by atoms with Crippen LogP contribution in [0.3, 0.4) is 0 Å². The number of nitrogens with one attached hydrogen (secondary N) is 1. The van der Waals surface area contributed by atoms with Gasteiger partial charge in [0.25, 0.3) is 5.91 Å². The highest BCUT2D eigenvalue weighted by molar-refractivity contribution is 7.18. The number of carbonyl (C=O) groups is 2. The maximum atomic E-state index is 14.8. The molecule has 3 aromatic rings. The fraction of sp³-hybridized carbons (Fsp3) is 0.455. The molecule has 2 N–H and O–H groups in total. The van der Waals surface area contributed by atoms with Gasteiger partial charge in [-0.15, -0.1) is 11.3 Å². The summed E-state index contributed by atoms with van der Waals surface area (Å²) in [5.41, 5.74) is 0.426. The third kappa shape index (κ3) is 4.12. The largest absolute Gasteiger partial charge is 0.465 e. The number of rotatable bonds is 3. The van der Waals surface area contributed by atoms with Crippen molar-refractivity contribution in [2.75, 3.05) is 29.9 Å². The van der Waals surface area contributed by atoms with Crippen LogP contribution in [0.5, 0.6) is 0 Å². The van der Waals surface area contributed by atoms with E-state index in [1.807, 2.05) is 39.5 Å². The fourth-order valence-corrected chi connectivity index (χ4v) is 5.03. The van der Waals surface area contributed by atoms with E-state index < -0.39 is 23.4 Å². The predicted octanol–water partition coefficient (Wildman–Crippen LogP) is 4.10. The molecule has 1 unspecified atom stereocenters. The van der Waals surface area contributed by atoms with Gasteiger partial charge in [0.15, 0.2) is 5.65 Å². The topological polar surface area (TPSA) is 103 Å². The summed E-state index contributed by atoms with van der Waals surface area (Å²) >= 11 is 1.05. The van der Waals surface area contributed by atoms with Crippen molar-refractivity contribution in [2.45, 2.75) is 40.2 Å². The molecule has 0 radical (unpaired) electrons. The maximum Gasteiger partial charge on any atom is 0.407 e. The number of imidazole rings is 1. The molecule has 1 aliphatic heterocycles. The van der Waals surface area contributed by atoms with Crippen molar-refractivity contribution in [1.82, 2.24) is 19.3 Å². The summed E-state index contributed by atoms with van der Waals surface area (Å²) in [7, 11) is 0. The number of carboxylic acid groups (broad SMARTS) is 1. The smallest absolute Gasteiger partial charge is 0.407 e. The van der Waals surface area contributed by atoms with Gasteiger partial charge in [-0.1, -0.05) is 20.8 Å². The summed E-state index contributed by atoms with van der Waals surface area (Å²) < 4.78 is 16.5. The van der Waals surface area contributed by atoms with E-state index in [1.165, 1.54) is 17.2 Å². The SMILES string of the molecule is Cc1cn2cc(NC(=O)c3sc(N4CCN(C(=O)O)C(C)(C(C)(C)C)C4)cc3F)ncc2n1. The Morgan fingerprint density at radius 3 is 2.67 bits per heavy atom. The zero-order valence-electron chi connectivity index (χ0n) is 19.2. The molecular formula is C22H27FN6O3S. The van der Waals surface area contributed by atoms with Crippen LogP contribution < -0.4 is 10.2 Å². The summed E-state index contributed by atoms with van der Waals surface area (Å²) in [6.07, 6.45) is 4.00. The van der Waals surface area contributed by atoms with Crippen LogP contribution >= 0.6 is 11.3 Å². The summed E-state index contributed by atoms with van der Waals surface area (Å²) in [6, 6.07) is 1.34. The van der Waals surface area contributed by atoms with Gasteiger partial charge >= 0.3 is 6.09 Å². The zero-order valence-corrected chi connectivity index (χ0v) is 20.0. The molecule has 0 saturated carbocycles. The predicted molar refractivity (Wildman–Crippen MR) is 125 cm³/mol. The van der Waals surface area contributed by atoms with Crippen molar-refractivity contribution in [3.8, 4) is 0 Å². The third-order valence-corrected chi connectivity index (χ3v) is 7.60. The first-order valence-electron chi connectivity index (χ1n) is 10.6. The molecule has 9 nitrogen and oxygen atoms in total. The van der Waals surface area contributed by atoms with E-state index in [4.69, 9.17) is 0 Å². The first-order valence-corrected chi connectivity index (χ1v) is 11.4. The number of fused-ring (bicyclic) bond motifs is 1. The van der Waals surface area contributed by atoms with E-state index >= 15 is 0 Å². The summed E-state index contributed by atoms with van der Waals surface area (Å²) in [5.74, 6) is -0.921. The number of hydrogen-bond acceptors (Lipinski definition) is 6. The molecule has 0 aromatic carbocycles. The Balaban J connectivity index is 1.56. The fourth-order valence-electron chi connectivity index (χ4n) is 4.07. The Kier molecular flexibility index (Phi) is 5.55. The number of aromatic nitrogens is 3. The van der Waals surface area contributed by atoms with Crippen LogP contribution in [0.1, 0.15) is 43.1 Å². The van der Waals surface area contributed by atoms with E-state index in [0.717, 1.165) is 17.0 Å². The number of halogens is 1. The molecule has 2 amide bonds. The van der Waals surface area contributed by atoms with Gasteiger partial charge in [0.05, 0.1) is 28.6 Å². The van der Waals surface area contributed by atoms with Gasteiger partial charge in [0.2, 0.25) is 0 Å². The lowest BCUT2D eigenvalue weighted by molar-refractivity contribution is 0.00760. The first kappa shape index (κ1) is 23.0. The molecule has 0 aliphatic carbocycles. The number of aryl methyl sites for hydroxylation is 1. The van der Waals surface area contributed by atoms with Gasteiger partial charge in [-0.25, -0.2) is 19.2 Å². The van der Waals surface area contributed by atoms with Gasteiger partial charge in [-0.3, -0.25) is 9.69 Å². The molecule has 1 saturated heterocycles. The van der Waals surface area contributed by atoms with Crippen LogP contribution in [-0.2, 0) is 0 Å². The second kappa shape index (κ2) is 7.98. The molecule has 3 aromatic heterocycles. The number of anilines is 2. The Hall–Kier alpha value is -3.21. The minimum Gasteiger partial charge on any atom is -0.465 e. The number of hydrogen-bond donors (Lipinski definition) is 2. The van der Waals surface area contributed by atoms with Gasteiger partial charge in [0, 0.05) is 31.9 Å². The minimum absolute atomic E-state index is 0.0492. The highest BCUT2D eigenvalue weighted by atomic mass is 32.1. The normalized spacial score (nSPS) is 19.2. The molecule has 176 valence electrons. The minimum atomic E-state index is -0.970. The average molecular weight is 475 g/mol. The monoisotopic (exact) mass is 474 g/mol. The van der Waals surface area contributed by atoms with E-state index in [1.54, 1.807) is 16.8 Å². The van der Waals surface area contributed by atoms with Gasteiger partial charge in [-0.05, 0) is 19.3 Å². The van der Waals surface area contributed by atoms with Crippen molar-refractivity contribution in [2.24, 2.45) is 5.41 Å². The first-order chi connectivity index (χ1) is 15.4. The van der Waals surface area contributed by atoms with Crippen LogP contribution in [0.25, 0.3) is 5.65 Å². The van der Waals surface area contributed by atoms with Crippen LogP contribution in [0.15, 0.2) is 24.7 Å². The molecule has 0 spiro atoms. The molecule has 1 fully saturated rings. The third-order valence-electron chi connectivity index (χ3n) is 6.43. The summed E-state index contributed by atoms with van der Waals surface area (Å²) in [4.78, 5) is 36.5. The van der Waals surface area contributed by atoms with Gasteiger partial charge < -0.3 is 19.7 Å². The second-order valence-electron chi connectivity index (χ2n) is 9.52. The molecule has 1 aliphatic rings. The van der Waals surface area contributed by atoms with Crippen molar-refractivity contribution in [3.05, 3.63) is 41.0 Å². The number of amides is 2. The van der Waals surface area contributed by atoms with Gasteiger partial charge in [-0.2, -0.15) is 0 Å². The van der Waals surface area contributed by atoms with Crippen molar-refractivity contribution >= 4 is 39.8 Å². The molecule has 4 heterocycles. The Bertz CT molecular complexity index is 1230. The highest BCUT2D eigenvalue weighted by Gasteiger charge is 2.49. The number of piperazine rings is 1. The van der Waals surface area contributed by atoms with Gasteiger partial charge in [0.1, 0.15) is 16.5 Å². The Labute approximate surface area is 194 Å². The standard InChI is InChI=1S/C22H27FN6O3S/c1-13-10-28-11-15(24-9-16(28)25-13)26-19(30)18-14(23)8-17(33-18)27-6-7-29(20(31)32)22(5,12-27)21(2,3)4/h8-11H,6-7,12H2,1-5H3,(H,26,30)(H,31,32). The Morgan fingerprint density at radius 2 is 2.00 bits per heavy atom. The second-order valence-corrected chi connectivity index (χ2v) is 10.5. The quantitative estimate of drug-likeness (QED) is 0.593. The number of thiophene rings is 1. The molecule has 33 heavy (non-hydrogen) atoms. The molecular weight excluding hydrogens is 447 g/mol. The molecule has 1 atom stereocenters. The summed E-state index contributed by atoms with van der Waals surface area (Å²) in [6.45, 7) is 10.8. The van der Waals surface area contributed by atoms with E-state index in [-0.39, 0.29) is 16.1 Å². The number of carbonyl (C=O) groups excluding carboxylic acids is 1. The summed E-state index contributed by atoms with van der Waals surface area (Å²) in [5, 5.41) is 12.9. The number of nitrogens with zero attached hydrogens (tertiary/aromatic N) is 5. The van der Waals surface area contributed by atoms with E-state index in [9.17, 15) is 19.1 Å². The molecule has 4 rings (SSSR count). The molecule has 0 bridgehead atoms. The van der Waals surface area contributed by atoms with Crippen LogP contribution in [0.2, 0.25) is 0 Å². The molecule has 11 heteroatoms. The van der Waals surface area contributed by atoms with Crippen LogP contribution in [-0.4, -0.2) is 61.5 Å². The van der Waals surface area contributed by atoms with E-state index in [2.05, 4.69) is 15.3 Å². The lowest BCUT2D eigenvalue weighted by Gasteiger charge is -2.54. The van der Waals surface area contributed by atoms with E-state index in [0.29, 0.717) is 30.3 Å². The maximum absolute atomic E-state index is 14.8. The van der Waals surface area contributed by atoms with Crippen molar-refractivity contribution in [3.63, 3.8) is 0 Å². The van der Waals surface area contributed by atoms with Crippen LogP contribution in [0, 0.1) is 18.2 Å². The lowest BCUT2D eigenvalue weighted by atomic mass is 9.72. The zero-order chi connectivity index (χ0) is 24.1. The van der Waals surface area contributed by atoms with Crippen LogP contribution in [0.4, 0.5) is 20.0 Å². The highest BCUT2D eigenvalue weighted by Crippen LogP contribution is 2.41.